The van der Waals surface area contributed by atoms with Crippen molar-refractivity contribution in [3.05, 3.63) is 53.2 Å². The van der Waals surface area contributed by atoms with Crippen LogP contribution in [-0.2, 0) is 19.1 Å². The lowest BCUT2D eigenvalue weighted by molar-refractivity contribution is -0.145. The second-order valence-electron chi connectivity index (χ2n) is 13.8. The lowest BCUT2D eigenvalue weighted by Gasteiger charge is -2.30. The van der Waals surface area contributed by atoms with Crippen molar-refractivity contribution in [2.75, 3.05) is 6.54 Å². The second kappa shape index (κ2) is 13.5. The summed E-state index contributed by atoms with van der Waals surface area (Å²) < 4.78 is 5.46. The van der Waals surface area contributed by atoms with Gasteiger partial charge in [-0.05, 0) is 79.6 Å². The van der Waals surface area contributed by atoms with Crippen molar-refractivity contribution >= 4 is 35.2 Å². The Kier molecular flexibility index (Phi) is 9.37. The molecule has 2 aliphatic heterocycles. The van der Waals surface area contributed by atoms with Crippen LogP contribution < -0.4 is 10.6 Å². The van der Waals surface area contributed by atoms with Gasteiger partial charge in [-0.2, -0.15) is 16.1 Å². The molecule has 3 aliphatic rings. The molecule has 4 heterocycles. The number of ether oxygens (including phenoxy) is 1. The van der Waals surface area contributed by atoms with Crippen LogP contribution in [0, 0.1) is 5.92 Å². The zero-order valence-corrected chi connectivity index (χ0v) is 28.1. The third-order valence-electron chi connectivity index (χ3n) is 9.08. The molecular weight excluding hydrogens is 634 g/mol. The Morgan fingerprint density at radius 3 is 2.56 bits per heavy atom. The van der Waals surface area contributed by atoms with Gasteiger partial charge in [-0.3, -0.25) is 9.59 Å². The van der Waals surface area contributed by atoms with E-state index in [1.165, 1.54) is 9.70 Å². The summed E-state index contributed by atoms with van der Waals surface area (Å²) in [4.78, 5) is 56.2. The molecule has 1 aromatic carbocycles. The number of allylic oxidation sites excluding steroid dienone is 1. The van der Waals surface area contributed by atoms with E-state index < -0.39 is 53.1 Å². The van der Waals surface area contributed by atoms with Crippen LogP contribution >= 0.6 is 11.3 Å². The molecule has 1 saturated heterocycles. The van der Waals surface area contributed by atoms with Gasteiger partial charge in [0.2, 0.25) is 17.6 Å². The van der Waals surface area contributed by atoms with Gasteiger partial charge in [-0.1, -0.05) is 49.3 Å². The molecule has 254 valence electrons. The molecule has 0 bridgehead atoms. The Morgan fingerprint density at radius 2 is 1.85 bits per heavy atom. The summed E-state index contributed by atoms with van der Waals surface area (Å²) in [7, 11) is 0. The van der Waals surface area contributed by atoms with Gasteiger partial charge in [-0.15, -0.1) is 10.2 Å². The zero-order chi connectivity index (χ0) is 34.1. The molecule has 14 heteroatoms. The van der Waals surface area contributed by atoms with Gasteiger partial charge in [0.05, 0.1) is 6.04 Å². The van der Waals surface area contributed by atoms with E-state index in [-0.39, 0.29) is 25.3 Å². The van der Waals surface area contributed by atoms with Gasteiger partial charge < -0.3 is 25.4 Å². The molecule has 13 nitrogen and oxygen atoms in total. The lowest BCUT2D eigenvalue weighted by atomic mass is 10.0. The first-order chi connectivity index (χ1) is 22.9. The molecule has 2 aromatic heterocycles. The summed E-state index contributed by atoms with van der Waals surface area (Å²) in [6.45, 7) is 5.29. The Bertz CT molecular complexity index is 1680. The fourth-order valence-corrected chi connectivity index (χ4v) is 7.10. The van der Waals surface area contributed by atoms with Crippen LogP contribution in [0.1, 0.15) is 71.8 Å². The number of hydrogen-bond acceptors (Lipinski definition) is 9. The lowest BCUT2D eigenvalue weighted by Crippen LogP contribution is -2.56. The van der Waals surface area contributed by atoms with E-state index in [4.69, 9.17) is 4.74 Å². The monoisotopic (exact) mass is 675 g/mol. The van der Waals surface area contributed by atoms with Crippen molar-refractivity contribution in [2.24, 2.45) is 5.92 Å². The molecular formula is C34H41N7O6S. The van der Waals surface area contributed by atoms with Gasteiger partial charge in [0.15, 0.2) is 0 Å². The van der Waals surface area contributed by atoms with Crippen molar-refractivity contribution in [3.8, 4) is 22.5 Å². The van der Waals surface area contributed by atoms with Crippen LogP contribution in [0.3, 0.4) is 0 Å². The SMILES string of the molecule is CC(C)(C)OC(=O)N[C@H]1CCCCC/C=C\[C@@H]2C[C@]2(C(=O)O)NC(=O)[C@@H]2C[C@H](n3nnc(-c4ccc(-c5ccsc5)cc4)n3)CN2C1=O. The second-order valence-corrected chi connectivity index (χ2v) is 14.5. The molecule has 0 unspecified atom stereocenters. The highest BCUT2D eigenvalue weighted by Crippen LogP contribution is 2.45. The van der Waals surface area contributed by atoms with Crippen molar-refractivity contribution in [3.63, 3.8) is 0 Å². The van der Waals surface area contributed by atoms with Gasteiger partial charge in [0, 0.05) is 24.4 Å². The maximum absolute atomic E-state index is 14.2. The highest BCUT2D eigenvalue weighted by atomic mass is 32.1. The summed E-state index contributed by atoms with van der Waals surface area (Å²) in [6.07, 6.45) is 6.94. The Morgan fingerprint density at radius 1 is 1.08 bits per heavy atom. The zero-order valence-electron chi connectivity index (χ0n) is 27.3. The molecule has 6 rings (SSSR count). The minimum Gasteiger partial charge on any atom is -0.479 e. The van der Waals surface area contributed by atoms with Crippen LogP contribution in [0.2, 0.25) is 0 Å². The third-order valence-corrected chi connectivity index (χ3v) is 9.76. The average Bonchev–Trinajstić information content (AvgIpc) is 3.53. The number of carboxylic acid groups (broad SMARTS) is 1. The van der Waals surface area contributed by atoms with Gasteiger partial charge in [0.25, 0.3) is 0 Å². The number of aliphatic carboxylic acids is 1. The Hall–Kier alpha value is -4.59. The summed E-state index contributed by atoms with van der Waals surface area (Å²) in [5.41, 5.74) is 0.757. The first-order valence-electron chi connectivity index (χ1n) is 16.4. The van der Waals surface area contributed by atoms with Gasteiger partial charge in [0.1, 0.15) is 23.2 Å². The fourth-order valence-electron chi connectivity index (χ4n) is 6.43. The average molecular weight is 676 g/mol. The van der Waals surface area contributed by atoms with Gasteiger partial charge >= 0.3 is 12.1 Å². The maximum Gasteiger partial charge on any atom is 0.408 e. The molecule has 0 spiro atoms. The number of amides is 3. The summed E-state index contributed by atoms with van der Waals surface area (Å²) >= 11 is 1.63. The molecule has 2 fully saturated rings. The number of hydrogen-bond donors (Lipinski definition) is 3. The van der Waals surface area contributed by atoms with Crippen LogP contribution in [-0.4, -0.2) is 83.9 Å². The number of alkyl carbamates (subject to hydrolysis) is 1. The summed E-state index contributed by atoms with van der Waals surface area (Å²) in [5, 5.41) is 32.9. The first kappa shape index (κ1) is 33.3. The molecule has 48 heavy (non-hydrogen) atoms. The number of carbonyl (C=O) groups excluding carboxylic acids is 3. The van der Waals surface area contributed by atoms with E-state index in [1.807, 2.05) is 41.8 Å². The Balaban J connectivity index is 1.27. The van der Waals surface area contributed by atoms with E-state index in [0.29, 0.717) is 18.7 Å². The number of aromatic nitrogens is 4. The fraction of sp³-hybridized carbons (Fsp3) is 0.500. The number of nitrogens with one attached hydrogen (secondary N) is 2. The number of fused-ring (bicyclic) bond motifs is 2. The molecule has 3 aromatic rings. The molecule has 1 saturated carbocycles. The minimum absolute atomic E-state index is 0.0692. The van der Waals surface area contributed by atoms with Crippen molar-refractivity contribution in [2.45, 2.75) is 95.0 Å². The summed E-state index contributed by atoms with van der Waals surface area (Å²) in [5.74, 6) is -2.07. The predicted octanol–water partition coefficient (Wildman–Crippen LogP) is 4.58. The van der Waals surface area contributed by atoms with Crippen molar-refractivity contribution in [1.82, 2.24) is 35.7 Å². The van der Waals surface area contributed by atoms with Crippen molar-refractivity contribution in [1.29, 1.82) is 0 Å². The number of rotatable bonds is 5. The normalized spacial score (nSPS) is 27.1. The van der Waals surface area contributed by atoms with Gasteiger partial charge in [-0.25, -0.2) is 9.59 Å². The van der Waals surface area contributed by atoms with Crippen LogP contribution in [0.15, 0.2) is 53.2 Å². The highest BCUT2D eigenvalue weighted by Gasteiger charge is 2.61. The third kappa shape index (κ3) is 7.28. The number of tetrazole rings is 1. The van der Waals surface area contributed by atoms with E-state index in [2.05, 4.69) is 37.5 Å². The first-order valence-corrected chi connectivity index (χ1v) is 17.3. The molecule has 0 radical (unpaired) electrons. The van der Waals surface area contributed by atoms with E-state index >= 15 is 0 Å². The number of carboxylic acids is 1. The minimum atomic E-state index is -1.43. The quantitative estimate of drug-likeness (QED) is 0.328. The van der Waals surface area contributed by atoms with E-state index in [0.717, 1.165) is 36.0 Å². The van der Waals surface area contributed by atoms with E-state index in [9.17, 15) is 24.3 Å². The molecule has 3 N–H and O–H groups in total. The highest BCUT2D eigenvalue weighted by molar-refractivity contribution is 7.08. The largest absolute Gasteiger partial charge is 0.479 e. The van der Waals surface area contributed by atoms with Crippen LogP contribution in [0.25, 0.3) is 22.5 Å². The number of thiophene rings is 1. The molecule has 5 atom stereocenters. The number of nitrogens with zero attached hydrogens (tertiary/aromatic N) is 5. The number of benzene rings is 1. The van der Waals surface area contributed by atoms with Crippen LogP contribution in [0.4, 0.5) is 4.79 Å². The molecule has 1 aliphatic carbocycles. The Labute approximate surface area is 282 Å². The maximum atomic E-state index is 14.2. The predicted molar refractivity (Wildman–Crippen MR) is 178 cm³/mol. The van der Waals surface area contributed by atoms with Crippen LogP contribution in [0.5, 0.6) is 0 Å². The summed E-state index contributed by atoms with van der Waals surface area (Å²) in [6, 6.07) is 7.38. The standard InChI is InChI=1S/C34H41N7O6S/c1-33(2,3)47-32(46)35-26-10-8-6-4-5-7-9-24-18-34(24,31(44)45)36-29(42)27-17-25(19-40(27)30(26)43)41-38-28(37-39-41)22-13-11-21(12-14-22)23-15-16-48-20-23/h7,9,11-16,20,24-27H,4-6,8,10,17-19H2,1-3H3,(H,35,46)(H,36,42)(H,44,45)/b9-7-/t24-,25+,26+,27+,34+/m1/s1. The number of carbonyl (C=O) groups is 4. The van der Waals surface area contributed by atoms with Crippen molar-refractivity contribution < 1.29 is 29.0 Å². The smallest absolute Gasteiger partial charge is 0.408 e. The van der Waals surface area contributed by atoms with E-state index in [1.54, 1.807) is 32.1 Å². The molecule has 3 amide bonds. The topological polar surface area (TPSA) is 169 Å².